The van der Waals surface area contributed by atoms with Crippen molar-refractivity contribution in [2.24, 2.45) is 11.8 Å². The second-order valence-corrected chi connectivity index (χ2v) is 7.83. The van der Waals surface area contributed by atoms with Crippen molar-refractivity contribution in [3.8, 4) is 0 Å². The molecule has 0 aromatic heterocycles. The van der Waals surface area contributed by atoms with Crippen molar-refractivity contribution in [1.29, 1.82) is 0 Å². The van der Waals surface area contributed by atoms with Gasteiger partial charge in [-0.15, -0.1) is 0 Å². The predicted molar refractivity (Wildman–Crippen MR) is 72.3 cm³/mol. The monoisotopic (exact) mass is 289 g/mol. The van der Waals surface area contributed by atoms with Gasteiger partial charge < -0.3 is 5.11 Å². The van der Waals surface area contributed by atoms with E-state index >= 15 is 0 Å². The van der Waals surface area contributed by atoms with E-state index in [1.54, 1.807) is 0 Å². The summed E-state index contributed by atoms with van der Waals surface area (Å²) >= 11 is 0. The molecule has 1 aliphatic heterocycles. The van der Waals surface area contributed by atoms with Crippen LogP contribution in [-0.4, -0.2) is 42.6 Å². The van der Waals surface area contributed by atoms with Crippen molar-refractivity contribution in [2.75, 3.05) is 18.8 Å². The Bertz CT molecular complexity index is 414. The Morgan fingerprint density at radius 2 is 1.79 bits per heavy atom. The van der Waals surface area contributed by atoms with Gasteiger partial charge in [0.15, 0.2) is 0 Å². The van der Waals surface area contributed by atoms with E-state index in [0.717, 1.165) is 25.7 Å². The molecule has 110 valence electrons. The van der Waals surface area contributed by atoms with Crippen LogP contribution in [0.15, 0.2) is 0 Å². The quantitative estimate of drug-likeness (QED) is 0.854. The van der Waals surface area contributed by atoms with Crippen LogP contribution < -0.4 is 0 Å². The van der Waals surface area contributed by atoms with Gasteiger partial charge in [-0.3, -0.25) is 4.79 Å². The zero-order valence-electron chi connectivity index (χ0n) is 11.3. The molecule has 1 saturated carbocycles. The van der Waals surface area contributed by atoms with E-state index in [9.17, 15) is 13.2 Å². The lowest BCUT2D eigenvalue weighted by Gasteiger charge is -2.31. The van der Waals surface area contributed by atoms with Gasteiger partial charge >= 0.3 is 5.97 Å². The predicted octanol–water partition coefficient (Wildman–Crippen LogP) is 1.69. The molecule has 0 unspecified atom stereocenters. The molecule has 0 aromatic rings. The third-order valence-electron chi connectivity index (χ3n) is 4.30. The molecule has 0 bridgehead atoms. The number of nitrogens with zero attached hydrogens (tertiary/aromatic N) is 1. The maximum Gasteiger partial charge on any atom is 0.307 e. The molecule has 2 fully saturated rings. The lowest BCUT2D eigenvalue weighted by molar-refractivity contribution is -0.142. The topological polar surface area (TPSA) is 74.7 Å². The van der Waals surface area contributed by atoms with Crippen LogP contribution in [0.5, 0.6) is 0 Å². The van der Waals surface area contributed by atoms with E-state index in [1.165, 1.54) is 10.7 Å². The van der Waals surface area contributed by atoms with Gasteiger partial charge in [0.25, 0.3) is 0 Å². The zero-order valence-corrected chi connectivity index (χ0v) is 12.1. The standard InChI is InChI=1S/C13H23NO4S/c15-13(16)12-7-4-8-14(9-12)19(17,18)10-11-5-2-1-3-6-11/h11-12H,1-10H2,(H,15,16)/t12-/m1/s1. The van der Waals surface area contributed by atoms with Gasteiger partial charge in [0.1, 0.15) is 0 Å². The minimum absolute atomic E-state index is 0.157. The molecule has 0 spiro atoms. The van der Waals surface area contributed by atoms with Crippen molar-refractivity contribution in [2.45, 2.75) is 44.9 Å². The lowest BCUT2D eigenvalue weighted by atomic mass is 9.91. The molecule has 1 N–H and O–H groups in total. The average molecular weight is 289 g/mol. The smallest absolute Gasteiger partial charge is 0.307 e. The molecule has 0 aromatic carbocycles. The number of piperidine rings is 1. The summed E-state index contributed by atoms with van der Waals surface area (Å²) in [5.41, 5.74) is 0. The number of carboxylic acids is 1. The molecule has 6 heteroatoms. The molecule has 1 aliphatic carbocycles. The van der Waals surface area contributed by atoms with E-state index in [0.29, 0.717) is 19.4 Å². The Morgan fingerprint density at radius 3 is 2.42 bits per heavy atom. The molecular weight excluding hydrogens is 266 g/mol. The van der Waals surface area contributed by atoms with Crippen LogP contribution in [0.1, 0.15) is 44.9 Å². The van der Waals surface area contributed by atoms with Gasteiger partial charge in [0.2, 0.25) is 10.0 Å². The highest BCUT2D eigenvalue weighted by atomic mass is 32.2. The molecule has 2 rings (SSSR count). The number of hydrogen-bond acceptors (Lipinski definition) is 3. The van der Waals surface area contributed by atoms with Crippen LogP contribution in [-0.2, 0) is 14.8 Å². The summed E-state index contributed by atoms with van der Waals surface area (Å²) < 4.78 is 26.1. The van der Waals surface area contributed by atoms with E-state index < -0.39 is 21.9 Å². The van der Waals surface area contributed by atoms with Gasteiger partial charge in [-0.05, 0) is 31.6 Å². The Hall–Kier alpha value is -0.620. The van der Waals surface area contributed by atoms with Crippen molar-refractivity contribution >= 4 is 16.0 Å². The number of sulfonamides is 1. The van der Waals surface area contributed by atoms with Gasteiger partial charge in [-0.2, -0.15) is 0 Å². The Labute approximate surface area is 115 Å². The highest BCUT2D eigenvalue weighted by Crippen LogP contribution is 2.27. The fourth-order valence-corrected chi connectivity index (χ4v) is 5.11. The van der Waals surface area contributed by atoms with Crippen LogP contribution >= 0.6 is 0 Å². The number of rotatable bonds is 4. The third-order valence-corrected chi connectivity index (χ3v) is 6.31. The maximum absolute atomic E-state index is 12.4. The van der Waals surface area contributed by atoms with Crippen LogP contribution in [0.4, 0.5) is 0 Å². The molecule has 1 heterocycles. The Balaban J connectivity index is 1.96. The largest absolute Gasteiger partial charge is 0.481 e. The fraction of sp³-hybridized carbons (Fsp3) is 0.923. The van der Waals surface area contributed by atoms with Crippen molar-refractivity contribution < 1.29 is 18.3 Å². The molecule has 1 atom stereocenters. The first kappa shape index (κ1) is 14.8. The van der Waals surface area contributed by atoms with Crippen LogP contribution in [0.25, 0.3) is 0 Å². The normalized spacial score (nSPS) is 27.3. The minimum Gasteiger partial charge on any atom is -0.481 e. The Morgan fingerprint density at radius 1 is 1.11 bits per heavy atom. The fourth-order valence-electron chi connectivity index (χ4n) is 3.15. The van der Waals surface area contributed by atoms with Crippen LogP contribution in [0.3, 0.4) is 0 Å². The second-order valence-electron chi connectivity index (χ2n) is 5.82. The Kier molecular flexibility index (Phi) is 4.84. The minimum atomic E-state index is -3.28. The van der Waals surface area contributed by atoms with E-state index in [1.807, 2.05) is 0 Å². The average Bonchev–Trinajstić information content (AvgIpc) is 2.39. The van der Waals surface area contributed by atoms with Crippen molar-refractivity contribution in [3.05, 3.63) is 0 Å². The maximum atomic E-state index is 12.4. The number of carbonyl (C=O) groups is 1. The first-order valence-corrected chi connectivity index (χ1v) is 8.80. The molecule has 5 nitrogen and oxygen atoms in total. The summed E-state index contributed by atoms with van der Waals surface area (Å²) in [6.45, 7) is 0.642. The molecule has 19 heavy (non-hydrogen) atoms. The number of aliphatic carboxylic acids is 1. The first-order chi connectivity index (χ1) is 8.99. The number of carboxylic acid groups (broad SMARTS) is 1. The van der Waals surface area contributed by atoms with Crippen molar-refractivity contribution in [3.63, 3.8) is 0 Å². The van der Waals surface area contributed by atoms with Crippen LogP contribution in [0, 0.1) is 11.8 Å². The van der Waals surface area contributed by atoms with Gasteiger partial charge in [-0.25, -0.2) is 12.7 Å². The van der Waals surface area contributed by atoms with E-state index in [2.05, 4.69) is 0 Å². The first-order valence-electron chi connectivity index (χ1n) is 7.19. The molecule has 2 aliphatic rings. The van der Waals surface area contributed by atoms with Crippen LogP contribution in [0.2, 0.25) is 0 Å². The highest BCUT2D eigenvalue weighted by Gasteiger charge is 2.33. The van der Waals surface area contributed by atoms with E-state index in [-0.39, 0.29) is 18.2 Å². The summed E-state index contributed by atoms with van der Waals surface area (Å²) in [4.78, 5) is 11.0. The summed E-state index contributed by atoms with van der Waals surface area (Å²) in [5, 5.41) is 9.02. The summed E-state index contributed by atoms with van der Waals surface area (Å²) in [6, 6.07) is 0. The zero-order chi connectivity index (χ0) is 13.9. The van der Waals surface area contributed by atoms with Gasteiger partial charge in [0.05, 0.1) is 11.7 Å². The summed E-state index contributed by atoms with van der Waals surface area (Å²) in [6.07, 6.45) is 6.69. The molecule has 0 amide bonds. The van der Waals surface area contributed by atoms with Gasteiger partial charge in [-0.1, -0.05) is 19.3 Å². The summed E-state index contributed by atoms with van der Waals surface area (Å²) in [7, 11) is -3.28. The SMILES string of the molecule is O=C(O)[C@@H]1CCCN(S(=O)(=O)CC2CCCCC2)C1. The van der Waals surface area contributed by atoms with E-state index in [4.69, 9.17) is 5.11 Å². The second kappa shape index (κ2) is 6.22. The summed E-state index contributed by atoms with van der Waals surface area (Å²) in [5.74, 6) is -0.935. The van der Waals surface area contributed by atoms with Crippen molar-refractivity contribution in [1.82, 2.24) is 4.31 Å². The lowest BCUT2D eigenvalue weighted by Crippen LogP contribution is -2.44. The molecule has 0 radical (unpaired) electrons. The number of hydrogen-bond donors (Lipinski definition) is 1. The molecule has 1 saturated heterocycles. The third kappa shape index (κ3) is 3.92. The van der Waals surface area contributed by atoms with Gasteiger partial charge in [0, 0.05) is 13.1 Å². The molecular formula is C13H23NO4S. The highest BCUT2D eigenvalue weighted by molar-refractivity contribution is 7.89.